The molecule has 2 unspecified atom stereocenters. The van der Waals surface area contributed by atoms with Crippen molar-refractivity contribution in [1.82, 2.24) is 0 Å². The van der Waals surface area contributed by atoms with Crippen molar-refractivity contribution in [3.8, 4) is 0 Å². The Morgan fingerprint density at radius 3 is 2.94 bits per heavy atom. The average Bonchev–Trinajstić information content (AvgIpc) is 2.77. The Hall–Kier alpha value is -1.33. The number of hydrogen-bond donors (Lipinski definition) is 2. The van der Waals surface area contributed by atoms with Crippen LogP contribution >= 0.6 is 11.6 Å². The van der Waals surface area contributed by atoms with Crippen LogP contribution in [0.15, 0.2) is 18.2 Å². The second-order valence-corrected chi connectivity index (χ2v) is 4.55. The van der Waals surface area contributed by atoms with E-state index in [-0.39, 0.29) is 11.8 Å². The molecule has 1 fully saturated rings. The monoisotopic (exact) mass is 273 g/mol. The van der Waals surface area contributed by atoms with E-state index in [1.807, 2.05) is 0 Å². The highest BCUT2D eigenvalue weighted by atomic mass is 35.5. The number of benzene rings is 1. The molecule has 98 valence electrons. The molecule has 0 spiro atoms. The zero-order valence-electron chi connectivity index (χ0n) is 9.53. The molecule has 2 rings (SSSR count). The van der Waals surface area contributed by atoms with Gasteiger partial charge in [0.05, 0.1) is 16.8 Å². The van der Waals surface area contributed by atoms with Crippen molar-refractivity contribution in [2.24, 2.45) is 0 Å². The number of aliphatic carboxylic acids is 1. The van der Waals surface area contributed by atoms with Gasteiger partial charge in [0.15, 0.2) is 6.10 Å². The molecule has 0 saturated carbocycles. The molecule has 1 heterocycles. The van der Waals surface area contributed by atoms with E-state index in [2.05, 4.69) is 5.32 Å². The molecule has 1 aliphatic heterocycles. The molecule has 1 saturated heterocycles. The maximum absolute atomic E-state index is 13.4. The van der Waals surface area contributed by atoms with Crippen molar-refractivity contribution in [3.63, 3.8) is 0 Å². The molecule has 1 aliphatic rings. The van der Waals surface area contributed by atoms with Crippen LogP contribution in [0.5, 0.6) is 0 Å². The Kier molecular flexibility index (Phi) is 4.04. The molecule has 0 radical (unpaired) electrons. The van der Waals surface area contributed by atoms with Crippen LogP contribution < -0.4 is 5.32 Å². The molecule has 6 heteroatoms. The normalized spacial score (nSPS) is 23.0. The van der Waals surface area contributed by atoms with E-state index in [0.717, 1.165) is 0 Å². The summed E-state index contributed by atoms with van der Waals surface area (Å²) in [6.07, 6.45) is 0.123. The fourth-order valence-corrected chi connectivity index (χ4v) is 2.15. The van der Waals surface area contributed by atoms with Crippen molar-refractivity contribution < 1.29 is 19.0 Å². The zero-order valence-corrected chi connectivity index (χ0v) is 10.3. The Bertz CT molecular complexity index is 435. The quantitative estimate of drug-likeness (QED) is 0.885. The molecular weight excluding hydrogens is 261 g/mol. The molecule has 2 atom stereocenters. The summed E-state index contributed by atoms with van der Waals surface area (Å²) >= 11 is 5.86. The molecule has 1 aromatic rings. The first-order valence-electron chi connectivity index (χ1n) is 5.64. The first-order valence-corrected chi connectivity index (χ1v) is 6.02. The molecule has 0 bridgehead atoms. The van der Waals surface area contributed by atoms with E-state index in [4.69, 9.17) is 21.4 Å². The fourth-order valence-electron chi connectivity index (χ4n) is 1.92. The Morgan fingerprint density at radius 2 is 2.33 bits per heavy atom. The van der Waals surface area contributed by atoms with Gasteiger partial charge in [-0.05, 0) is 25.0 Å². The molecule has 0 aromatic heterocycles. The standard InChI is InChI=1S/C12H13ClFNO3/c13-8-2-1-3-9(14)11(8)15-6-7-4-5-10(18-7)12(16)17/h1-3,7,10,15H,4-6H2,(H,16,17). The number of carbonyl (C=O) groups is 1. The number of anilines is 1. The van der Waals surface area contributed by atoms with Crippen LogP contribution in [0, 0.1) is 5.82 Å². The van der Waals surface area contributed by atoms with Crippen LogP contribution in [0.4, 0.5) is 10.1 Å². The smallest absolute Gasteiger partial charge is 0.332 e. The number of hydrogen-bond acceptors (Lipinski definition) is 3. The minimum atomic E-state index is -0.957. The van der Waals surface area contributed by atoms with Gasteiger partial charge in [-0.3, -0.25) is 0 Å². The predicted molar refractivity (Wildman–Crippen MR) is 65.4 cm³/mol. The molecule has 18 heavy (non-hydrogen) atoms. The molecular formula is C12H13ClFNO3. The summed E-state index contributed by atoms with van der Waals surface area (Å²) in [7, 11) is 0. The summed E-state index contributed by atoms with van der Waals surface area (Å²) < 4.78 is 18.7. The van der Waals surface area contributed by atoms with Gasteiger partial charge in [-0.2, -0.15) is 0 Å². The lowest BCUT2D eigenvalue weighted by Gasteiger charge is -2.14. The minimum Gasteiger partial charge on any atom is -0.479 e. The largest absolute Gasteiger partial charge is 0.479 e. The summed E-state index contributed by atoms with van der Waals surface area (Å²) in [4.78, 5) is 10.7. The first-order chi connectivity index (χ1) is 8.58. The number of carboxylic acid groups (broad SMARTS) is 1. The van der Waals surface area contributed by atoms with Crippen molar-refractivity contribution in [1.29, 1.82) is 0 Å². The van der Waals surface area contributed by atoms with Crippen LogP contribution in [-0.4, -0.2) is 29.8 Å². The van der Waals surface area contributed by atoms with Gasteiger partial charge in [0.25, 0.3) is 0 Å². The number of ether oxygens (including phenoxy) is 1. The highest BCUT2D eigenvalue weighted by Crippen LogP contribution is 2.26. The van der Waals surface area contributed by atoms with Gasteiger partial charge in [-0.15, -0.1) is 0 Å². The molecule has 1 aromatic carbocycles. The van der Waals surface area contributed by atoms with Gasteiger partial charge in [0, 0.05) is 6.54 Å². The van der Waals surface area contributed by atoms with Gasteiger partial charge < -0.3 is 15.2 Å². The molecule has 4 nitrogen and oxygen atoms in total. The van der Waals surface area contributed by atoms with Gasteiger partial charge in [-0.1, -0.05) is 17.7 Å². The van der Waals surface area contributed by atoms with Crippen LogP contribution in [-0.2, 0) is 9.53 Å². The maximum Gasteiger partial charge on any atom is 0.332 e. The van der Waals surface area contributed by atoms with E-state index in [1.54, 1.807) is 6.07 Å². The summed E-state index contributed by atoms with van der Waals surface area (Å²) in [5, 5.41) is 11.9. The first kappa shape index (κ1) is 13.1. The molecule has 0 amide bonds. The van der Waals surface area contributed by atoms with Gasteiger partial charge >= 0.3 is 5.97 Å². The van der Waals surface area contributed by atoms with Gasteiger partial charge in [-0.25, -0.2) is 9.18 Å². The van der Waals surface area contributed by atoms with E-state index >= 15 is 0 Å². The minimum absolute atomic E-state index is 0.224. The van der Waals surface area contributed by atoms with Crippen LogP contribution in [0.2, 0.25) is 5.02 Å². The van der Waals surface area contributed by atoms with Gasteiger partial charge in [0.2, 0.25) is 0 Å². The van der Waals surface area contributed by atoms with E-state index in [1.165, 1.54) is 12.1 Å². The summed E-state index contributed by atoms with van der Waals surface area (Å²) in [6.45, 7) is 0.338. The summed E-state index contributed by atoms with van der Waals surface area (Å²) in [5.74, 6) is -1.39. The Labute approximate surface area is 109 Å². The number of carboxylic acids is 1. The second kappa shape index (κ2) is 5.54. The second-order valence-electron chi connectivity index (χ2n) is 4.14. The maximum atomic E-state index is 13.4. The van der Waals surface area contributed by atoms with Crippen molar-refractivity contribution >= 4 is 23.3 Å². The lowest BCUT2D eigenvalue weighted by molar-refractivity contribution is -0.149. The number of nitrogens with one attached hydrogen (secondary N) is 1. The topological polar surface area (TPSA) is 58.6 Å². The van der Waals surface area contributed by atoms with Crippen LogP contribution in [0.1, 0.15) is 12.8 Å². The van der Waals surface area contributed by atoms with Crippen molar-refractivity contribution in [2.45, 2.75) is 25.0 Å². The number of para-hydroxylation sites is 1. The van der Waals surface area contributed by atoms with Crippen LogP contribution in [0.3, 0.4) is 0 Å². The highest BCUT2D eigenvalue weighted by molar-refractivity contribution is 6.33. The third kappa shape index (κ3) is 2.91. The predicted octanol–water partition coefficient (Wildman–Crippen LogP) is 2.52. The molecule has 2 N–H and O–H groups in total. The number of halogens is 2. The zero-order chi connectivity index (χ0) is 13.1. The van der Waals surface area contributed by atoms with Gasteiger partial charge in [0.1, 0.15) is 5.82 Å². The molecule has 0 aliphatic carbocycles. The number of rotatable bonds is 4. The Morgan fingerprint density at radius 1 is 1.56 bits per heavy atom. The average molecular weight is 274 g/mol. The Balaban J connectivity index is 1.91. The summed E-state index contributed by atoms with van der Waals surface area (Å²) in [5.41, 5.74) is 0.224. The van der Waals surface area contributed by atoms with E-state index in [0.29, 0.717) is 24.4 Å². The summed E-state index contributed by atoms with van der Waals surface area (Å²) in [6, 6.07) is 4.42. The van der Waals surface area contributed by atoms with Crippen molar-refractivity contribution in [2.75, 3.05) is 11.9 Å². The SMILES string of the molecule is O=C(O)C1CCC(CNc2c(F)cccc2Cl)O1. The van der Waals surface area contributed by atoms with E-state index < -0.39 is 17.9 Å². The van der Waals surface area contributed by atoms with Crippen molar-refractivity contribution in [3.05, 3.63) is 29.0 Å². The third-order valence-corrected chi connectivity index (χ3v) is 3.17. The third-order valence-electron chi connectivity index (χ3n) is 2.85. The lowest BCUT2D eigenvalue weighted by atomic mass is 10.2. The fraction of sp³-hybridized carbons (Fsp3) is 0.417. The lowest BCUT2D eigenvalue weighted by Crippen LogP contribution is -2.24. The van der Waals surface area contributed by atoms with E-state index in [9.17, 15) is 9.18 Å². The van der Waals surface area contributed by atoms with Crippen LogP contribution in [0.25, 0.3) is 0 Å². The highest BCUT2D eigenvalue weighted by Gasteiger charge is 2.30.